The van der Waals surface area contributed by atoms with E-state index >= 15 is 0 Å². The van der Waals surface area contributed by atoms with Gasteiger partial charge in [0.15, 0.2) is 0 Å². The lowest BCUT2D eigenvalue weighted by Gasteiger charge is -2.34. The molecule has 2 rings (SSSR count). The Bertz CT molecular complexity index is 373. The van der Waals surface area contributed by atoms with Crippen LogP contribution in [0.1, 0.15) is 44.6 Å². The highest BCUT2D eigenvalue weighted by atomic mass is 19.1. The number of likely N-dealkylation sites (N-methyl/N-ethyl adjacent to an activating group) is 1. The van der Waals surface area contributed by atoms with Crippen molar-refractivity contribution in [2.24, 2.45) is 11.8 Å². The Hall–Kier alpha value is -0.890. The molecule has 0 aromatic heterocycles. The smallest absolute Gasteiger partial charge is 0.123 e. The van der Waals surface area contributed by atoms with Crippen LogP contribution in [0.15, 0.2) is 24.3 Å². The molecule has 2 heteroatoms. The van der Waals surface area contributed by atoms with Crippen molar-refractivity contribution in [2.45, 2.75) is 51.5 Å². The quantitative estimate of drug-likeness (QED) is 0.840. The Labute approximate surface area is 116 Å². The molecule has 19 heavy (non-hydrogen) atoms. The third kappa shape index (κ3) is 4.04. The molecule has 1 saturated carbocycles. The zero-order chi connectivity index (χ0) is 13.7. The van der Waals surface area contributed by atoms with E-state index < -0.39 is 0 Å². The highest BCUT2D eigenvalue weighted by molar-refractivity contribution is 5.17. The molecule has 3 atom stereocenters. The number of benzene rings is 1. The van der Waals surface area contributed by atoms with Crippen LogP contribution in [0.4, 0.5) is 4.39 Å². The largest absolute Gasteiger partial charge is 0.316 e. The molecule has 0 amide bonds. The zero-order valence-corrected chi connectivity index (χ0v) is 12.2. The number of hydrogen-bond acceptors (Lipinski definition) is 1. The molecule has 1 aliphatic carbocycles. The maximum Gasteiger partial charge on any atom is 0.123 e. The van der Waals surface area contributed by atoms with Gasteiger partial charge in [-0.2, -0.15) is 0 Å². The van der Waals surface area contributed by atoms with Crippen molar-refractivity contribution < 1.29 is 4.39 Å². The van der Waals surface area contributed by atoms with E-state index in [1.54, 1.807) is 12.1 Å². The fourth-order valence-electron chi connectivity index (χ4n) is 3.45. The van der Waals surface area contributed by atoms with Gasteiger partial charge in [-0.05, 0) is 55.8 Å². The third-order valence-electron chi connectivity index (χ3n) is 4.71. The van der Waals surface area contributed by atoms with Crippen LogP contribution in [0, 0.1) is 17.7 Å². The molecule has 1 fully saturated rings. The molecule has 1 aliphatic rings. The fraction of sp³-hybridized carbons (Fsp3) is 0.647. The average Bonchev–Trinajstić information content (AvgIpc) is 2.46. The van der Waals surface area contributed by atoms with Gasteiger partial charge in [0.25, 0.3) is 0 Å². The summed E-state index contributed by atoms with van der Waals surface area (Å²) in [6.07, 6.45) is 7.78. The van der Waals surface area contributed by atoms with E-state index in [1.165, 1.54) is 37.7 Å². The second-order valence-electron chi connectivity index (χ2n) is 5.93. The summed E-state index contributed by atoms with van der Waals surface area (Å²) in [5.41, 5.74) is 1.24. The van der Waals surface area contributed by atoms with Crippen molar-refractivity contribution in [3.8, 4) is 0 Å². The summed E-state index contributed by atoms with van der Waals surface area (Å²) in [5.74, 6) is 1.53. The molecule has 106 valence electrons. The van der Waals surface area contributed by atoms with Crippen molar-refractivity contribution in [1.29, 1.82) is 0 Å². The number of halogens is 1. The monoisotopic (exact) mass is 263 g/mol. The summed E-state index contributed by atoms with van der Waals surface area (Å²) in [5, 5.41) is 3.49. The van der Waals surface area contributed by atoms with Crippen LogP contribution in [0.5, 0.6) is 0 Å². The topological polar surface area (TPSA) is 12.0 Å². The van der Waals surface area contributed by atoms with E-state index in [9.17, 15) is 4.39 Å². The van der Waals surface area contributed by atoms with Crippen LogP contribution in [-0.4, -0.2) is 13.1 Å². The lowest BCUT2D eigenvalue weighted by atomic mass is 9.75. The van der Waals surface area contributed by atoms with Gasteiger partial charge in [-0.1, -0.05) is 38.3 Å². The van der Waals surface area contributed by atoms with Gasteiger partial charge in [-0.25, -0.2) is 4.39 Å². The Morgan fingerprint density at radius 3 is 2.63 bits per heavy atom. The summed E-state index contributed by atoms with van der Waals surface area (Å²) in [6.45, 7) is 2.31. The van der Waals surface area contributed by atoms with Crippen molar-refractivity contribution >= 4 is 0 Å². The van der Waals surface area contributed by atoms with Gasteiger partial charge in [-0.15, -0.1) is 0 Å². The minimum Gasteiger partial charge on any atom is -0.316 e. The maximum atomic E-state index is 12.9. The Kier molecular flexibility index (Phi) is 5.38. The first-order valence-corrected chi connectivity index (χ1v) is 7.64. The van der Waals surface area contributed by atoms with Crippen LogP contribution in [0.25, 0.3) is 0 Å². The second kappa shape index (κ2) is 7.04. The molecular weight excluding hydrogens is 237 g/mol. The second-order valence-corrected chi connectivity index (χ2v) is 5.93. The molecule has 1 nitrogen and oxygen atoms in total. The standard InChI is InChI=1S/C17H26FN/c1-3-13-5-4-6-15(11-13)17(19-2)12-14-7-9-16(18)10-8-14/h7-10,13,15,17,19H,3-6,11-12H2,1-2H3. The van der Waals surface area contributed by atoms with Gasteiger partial charge in [0.1, 0.15) is 5.82 Å². The molecule has 3 unspecified atom stereocenters. The van der Waals surface area contributed by atoms with Gasteiger partial charge in [0.05, 0.1) is 0 Å². The first kappa shape index (κ1) is 14.5. The molecule has 1 aromatic rings. The van der Waals surface area contributed by atoms with Crippen LogP contribution in [0.3, 0.4) is 0 Å². The van der Waals surface area contributed by atoms with E-state index in [2.05, 4.69) is 19.3 Å². The SMILES string of the molecule is CCC1CCCC(C(Cc2ccc(F)cc2)NC)C1. The first-order valence-electron chi connectivity index (χ1n) is 7.64. The molecule has 0 saturated heterocycles. The van der Waals surface area contributed by atoms with Crippen LogP contribution >= 0.6 is 0 Å². The molecule has 0 radical (unpaired) electrons. The van der Waals surface area contributed by atoms with Crippen LogP contribution < -0.4 is 5.32 Å². The van der Waals surface area contributed by atoms with Gasteiger partial charge in [0, 0.05) is 6.04 Å². The van der Waals surface area contributed by atoms with Gasteiger partial charge in [-0.3, -0.25) is 0 Å². The Morgan fingerprint density at radius 1 is 1.26 bits per heavy atom. The van der Waals surface area contributed by atoms with Gasteiger partial charge >= 0.3 is 0 Å². The summed E-state index contributed by atoms with van der Waals surface area (Å²) in [4.78, 5) is 0. The molecule has 1 N–H and O–H groups in total. The van der Waals surface area contributed by atoms with Crippen LogP contribution in [0.2, 0.25) is 0 Å². The fourth-order valence-corrected chi connectivity index (χ4v) is 3.45. The van der Waals surface area contributed by atoms with Crippen molar-refractivity contribution in [2.75, 3.05) is 7.05 Å². The molecule has 0 spiro atoms. The predicted molar refractivity (Wildman–Crippen MR) is 78.7 cm³/mol. The van der Waals surface area contributed by atoms with Crippen molar-refractivity contribution in [1.82, 2.24) is 5.32 Å². The summed E-state index contributed by atoms with van der Waals surface area (Å²) in [6, 6.07) is 7.50. The molecule has 0 heterocycles. The van der Waals surface area contributed by atoms with E-state index in [-0.39, 0.29) is 5.82 Å². The minimum absolute atomic E-state index is 0.145. The number of rotatable bonds is 5. The van der Waals surface area contributed by atoms with Crippen molar-refractivity contribution in [3.05, 3.63) is 35.6 Å². The van der Waals surface area contributed by atoms with E-state index in [1.807, 2.05) is 12.1 Å². The Balaban J connectivity index is 1.97. The van der Waals surface area contributed by atoms with Crippen molar-refractivity contribution in [3.63, 3.8) is 0 Å². The number of hydrogen-bond donors (Lipinski definition) is 1. The third-order valence-corrected chi connectivity index (χ3v) is 4.71. The maximum absolute atomic E-state index is 12.9. The van der Waals surface area contributed by atoms with E-state index in [0.29, 0.717) is 6.04 Å². The first-order chi connectivity index (χ1) is 9.22. The van der Waals surface area contributed by atoms with E-state index in [0.717, 1.165) is 18.3 Å². The highest BCUT2D eigenvalue weighted by Crippen LogP contribution is 2.33. The summed E-state index contributed by atoms with van der Waals surface area (Å²) >= 11 is 0. The highest BCUT2D eigenvalue weighted by Gasteiger charge is 2.26. The normalized spacial score (nSPS) is 25.2. The molecule has 0 bridgehead atoms. The van der Waals surface area contributed by atoms with Gasteiger partial charge < -0.3 is 5.32 Å². The lowest BCUT2D eigenvalue weighted by molar-refractivity contribution is 0.212. The van der Waals surface area contributed by atoms with Crippen LogP contribution in [-0.2, 0) is 6.42 Å². The summed E-state index contributed by atoms with van der Waals surface area (Å²) < 4.78 is 12.9. The lowest BCUT2D eigenvalue weighted by Crippen LogP contribution is -2.38. The zero-order valence-electron chi connectivity index (χ0n) is 12.2. The van der Waals surface area contributed by atoms with Gasteiger partial charge in [0.2, 0.25) is 0 Å². The predicted octanol–water partition coefficient (Wildman–Crippen LogP) is 4.17. The Morgan fingerprint density at radius 2 is 2.00 bits per heavy atom. The minimum atomic E-state index is -0.145. The molecular formula is C17H26FN. The molecule has 0 aliphatic heterocycles. The average molecular weight is 263 g/mol. The molecule has 1 aromatic carbocycles. The summed E-state index contributed by atoms with van der Waals surface area (Å²) in [7, 11) is 2.06. The number of nitrogens with one attached hydrogen (secondary N) is 1. The van der Waals surface area contributed by atoms with E-state index in [4.69, 9.17) is 0 Å².